The van der Waals surface area contributed by atoms with Gasteiger partial charge in [-0.15, -0.1) is 13.2 Å². The van der Waals surface area contributed by atoms with E-state index >= 15 is 0 Å². The maximum absolute atomic E-state index is 9.24. The van der Waals surface area contributed by atoms with Crippen molar-refractivity contribution in [3.63, 3.8) is 0 Å². The highest BCUT2D eigenvalue weighted by molar-refractivity contribution is 5.31. The van der Waals surface area contributed by atoms with Gasteiger partial charge in [0.1, 0.15) is 36.9 Å². The highest BCUT2D eigenvalue weighted by Crippen LogP contribution is 2.17. The van der Waals surface area contributed by atoms with Crippen LogP contribution in [0.1, 0.15) is 0 Å². The second-order valence-electron chi connectivity index (χ2n) is 3.70. The average Bonchev–Trinajstić information content (AvgIpc) is 2.43. The molecule has 0 heterocycles. The Hall–Kier alpha value is -1.78. The van der Waals surface area contributed by atoms with Crippen molar-refractivity contribution in [1.29, 1.82) is 0 Å². The fraction of sp³-hybridized carbons (Fsp3) is 0.286. The Kier molecular flexibility index (Phi) is 5.97. The molecule has 0 saturated carbocycles. The first-order valence-electron chi connectivity index (χ1n) is 5.62. The van der Waals surface area contributed by atoms with Crippen LogP contribution in [0.2, 0.25) is 0 Å². The van der Waals surface area contributed by atoms with E-state index in [9.17, 15) is 10.2 Å². The zero-order valence-corrected chi connectivity index (χ0v) is 10.2. The molecule has 0 spiro atoms. The van der Waals surface area contributed by atoms with Crippen molar-refractivity contribution in [2.75, 3.05) is 13.2 Å². The molecule has 2 N–H and O–H groups in total. The van der Waals surface area contributed by atoms with Crippen molar-refractivity contribution in [3.05, 3.63) is 49.6 Å². The Labute approximate surface area is 107 Å². The third kappa shape index (κ3) is 5.03. The van der Waals surface area contributed by atoms with Crippen LogP contribution in [0.5, 0.6) is 11.5 Å². The summed E-state index contributed by atoms with van der Waals surface area (Å²) in [4.78, 5) is 0. The van der Waals surface area contributed by atoms with Crippen molar-refractivity contribution in [1.82, 2.24) is 0 Å². The maximum Gasteiger partial charge on any atom is 0.119 e. The van der Waals surface area contributed by atoms with Gasteiger partial charge in [-0.3, -0.25) is 0 Å². The highest BCUT2D eigenvalue weighted by Gasteiger charge is 2.02. The second kappa shape index (κ2) is 7.53. The summed E-state index contributed by atoms with van der Waals surface area (Å²) in [6, 6.07) is 6.91. The van der Waals surface area contributed by atoms with Gasteiger partial charge >= 0.3 is 0 Å². The molecule has 18 heavy (non-hydrogen) atoms. The van der Waals surface area contributed by atoms with E-state index in [1.165, 1.54) is 12.2 Å². The van der Waals surface area contributed by atoms with Gasteiger partial charge in [-0.05, 0) is 24.3 Å². The smallest absolute Gasteiger partial charge is 0.119 e. The topological polar surface area (TPSA) is 58.9 Å². The standard InChI is InChI=1S/C14H18O4/c1-3-11(15)9-17-13-5-7-14(8-6-13)18-10-12(16)4-2/h3-8,11-12,15-16H,1-2,9-10H2. The van der Waals surface area contributed by atoms with Gasteiger partial charge in [0.2, 0.25) is 0 Å². The van der Waals surface area contributed by atoms with Gasteiger partial charge < -0.3 is 19.7 Å². The SMILES string of the molecule is C=CC(O)COc1ccc(OCC(O)C=C)cc1. The Balaban J connectivity index is 2.42. The van der Waals surface area contributed by atoms with E-state index in [2.05, 4.69) is 13.2 Å². The van der Waals surface area contributed by atoms with Gasteiger partial charge in [0, 0.05) is 0 Å². The summed E-state index contributed by atoms with van der Waals surface area (Å²) in [6.07, 6.45) is 1.47. The Morgan fingerprint density at radius 1 is 0.889 bits per heavy atom. The molecule has 98 valence electrons. The molecule has 1 aromatic rings. The molecule has 0 aliphatic carbocycles. The molecule has 0 amide bonds. The van der Waals surface area contributed by atoms with E-state index in [0.717, 1.165) is 0 Å². The third-order valence-electron chi connectivity index (χ3n) is 2.21. The van der Waals surface area contributed by atoms with Crippen molar-refractivity contribution in [2.24, 2.45) is 0 Å². The van der Waals surface area contributed by atoms with Gasteiger partial charge in [-0.2, -0.15) is 0 Å². The van der Waals surface area contributed by atoms with Crippen molar-refractivity contribution in [2.45, 2.75) is 12.2 Å². The molecular formula is C14H18O4. The van der Waals surface area contributed by atoms with Crippen LogP contribution in [-0.4, -0.2) is 35.6 Å². The van der Waals surface area contributed by atoms with Crippen LogP contribution in [0, 0.1) is 0 Å². The zero-order valence-electron chi connectivity index (χ0n) is 10.2. The predicted octanol–water partition coefficient (Wildman–Crippen LogP) is 1.54. The first kappa shape index (κ1) is 14.3. The molecule has 2 atom stereocenters. The number of rotatable bonds is 8. The molecule has 0 aliphatic rings. The third-order valence-corrected chi connectivity index (χ3v) is 2.21. The molecule has 1 aromatic carbocycles. The fourth-order valence-corrected chi connectivity index (χ4v) is 1.13. The van der Waals surface area contributed by atoms with Gasteiger partial charge in [0.25, 0.3) is 0 Å². The minimum Gasteiger partial charge on any atom is -0.491 e. The predicted molar refractivity (Wildman–Crippen MR) is 69.8 cm³/mol. The lowest BCUT2D eigenvalue weighted by molar-refractivity contribution is 0.142. The molecule has 4 nitrogen and oxygen atoms in total. The van der Waals surface area contributed by atoms with Crippen molar-refractivity contribution in [3.8, 4) is 11.5 Å². The quantitative estimate of drug-likeness (QED) is 0.687. The van der Waals surface area contributed by atoms with E-state index in [-0.39, 0.29) is 13.2 Å². The highest BCUT2D eigenvalue weighted by atomic mass is 16.5. The summed E-state index contributed by atoms with van der Waals surface area (Å²) in [7, 11) is 0. The largest absolute Gasteiger partial charge is 0.491 e. The lowest BCUT2D eigenvalue weighted by Gasteiger charge is -2.11. The molecular weight excluding hydrogens is 232 g/mol. The molecule has 0 aliphatic heterocycles. The molecule has 0 bridgehead atoms. The van der Waals surface area contributed by atoms with Gasteiger partial charge in [-0.1, -0.05) is 12.2 Å². The van der Waals surface area contributed by atoms with Crippen LogP contribution in [0.15, 0.2) is 49.6 Å². The molecule has 0 saturated heterocycles. The van der Waals surface area contributed by atoms with Gasteiger partial charge in [0.05, 0.1) is 0 Å². The van der Waals surface area contributed by atoms with Crippen molar-refractivity contribution >= 4 is 0 Å². The van der Waals surface area contributed by atoms with Crippen LogP contribution >= 0.6 is 0 Å². The Bertz CT molecular complexity index is 335. The fourth-order valence-electron chi connectivity index (χ4n) is 1.13. The van der Waals surface area contributed by atoms with E-state index in [1.54, 1.807) is 24.3 Å². The summed E-state index contributed by atoms with van der Waals surface area (Å²) in [5.41, 5.74) is 0. The normalized spacial score (nSPS) is 13.4. The van der Waals surface area contributed by atoms with Crippen LogP contribution in [-0.2, 0) is 0 Å². The van der Waals surface area contributed by atoms with Crippen LogP contribution in [0.25, 0.3) is 0 Å². The van der Waals surface area contributed by atoms with E-state index < -0.39 is 12.2 Å². The number of aliphatic hydroxyl groups excluding tert-OH is 2. The Morgan fingerprint density at radius 3 is 1.50 bits per heavy atom. The first-order chi connectivity index (χ1) is 8.65. The molecule has 1 rings (SSSR count). The number of ether oxygens (including phenoxy) is 2. The lowest BCUT2D eigenvalue weighted by Crippen LogP contribution is -2.14. The van der Waals surface area contributed by atoms with Crippen LogP contribution in [0.3, 0.4) is 0 Å². The average molecular weight is 250 g/mol. The maximum atomic E-state index is 9.24. The number of benzene rings is 1. The number of hydrogen-bond donors (Lipinski definition) is 2. The summed E-state index contributed by atoms with van der Waals surface area (Å²) in [5, 5.41) is 18.5. The number of hydrogen-bond acceptors (Lipinski definition) is 4. The van der Waals surface area contributed by atoms with Crippen LogP contribution in [0.4, 0.5) is 0 Å². The van der Waals surface area contributed by atoms with E-state index in [4.69, 9.17) is 9.47 Å². The lowest BCUT2D eigenvalue weighted by atomic mass is 10.3. The van der Waals surface area contributed by atoms with Gasteiger partial charge in [0.15, 0.2) is 0 Å². The van der Waals surface area contributed by atoms with E-state index in [1.807, 2.05) is 0 Å². The summed E-state index contributed by atoms with van der Waals surface area (Å²) in [6.45, 7) is 7.24. The minimum absolute atomic E-state index is 0.166. The number of aliphatic hydroxyl groups is 2. The molecule has 0 fully saturated rings. The first-order valence-corrected chi connectivity index (χ1v) is 5.62. The molecule has 0 aromatic heterocycles. The Morgan fingerprint density at radius 2 is 1.22 bits per heavy atom. The van der Waals surface area contributed by atoms with Crippen molar-refractivity contribution < 1.29 is 19.7 Å². The zero-order chi connectivity index (χ0) is 13.4. The van der Waals surface area contributed by atoms with Crippen LogP contribution < -0.4 is 9.47 Å². The van der Waals surface area contributed by atoms with Gasteiger partial charge in [-0.25, -0.2) is 0 Å². The molecule has 4 heteroatoms. The summed E-state index contributed by atoms with van der Waals surface area (Å²) in [5.74, 6) is 1.26. The van der Waals surface area contributed by atoms with E-state index in [0.29, 0.717) is 11.5 Å². The minimum atomic E-state index is -0.677. The molecule has 2 unspecified atom stereocenters. The summed E-state index contributed by atoms with van der Waals surface area (Å²) >= 11 is 0. The monoisotopic (exact) mass is 250 g/mol. The summed E-state index contributed by atoms with van der Waals surface area (Å²) < 4.78 is 10.6. The molecule has 0 radical (unpaired) electrons. The second-order valence-corrected chi connectivity index (χ2v) is 3.70.